The number of thiophene rings is 1. The maximum atomic E-state index is 2.70. The van der Waals surface area contributed by atoms with Gasteiger partial charge < -0.3 is 4.90 Å². The second-order valence-corrected chi connectivity index (χ2v) is 19.5. The van der Waals surface area contributed by atoms with Crippen LogP contribution in [0.25, 0.3) is 31.3 Å². The lowest BCUT2D eigenvalue weighted by Gasteiger charge is -2.76. The lowest BCUT2D eigenvalue weighted by molar-refractivity contribution is -0.231. The highest BCUT2D eigenvalue weighted by molar-refractivity contribution is 7.25. The molecular weight excluding hydrogens is 623 g/mol. The number of fused-ring (bicyclic) bond motifs is 12. The Balaban J connectivity index is 1.14. The van der Waals surface area contributed by atoms with E-state index in [4.69, 9.17) is 0 Å². The summed E-state index contributed by atoms with van der Waals surface area (Å²) in [5.41, 5.74) is 14.4. The van der Waals surface area contributed by atoms with Gasteiger partial charge in [0.25, 0.3) is 0 Å². The van der Waals surface area contributed by atoms with Gasteiger partial charge in [-0.15, -0.1) is 11.3 Å². The molecule has 0 amide bonds. The van der Waals surface area contributed by atoms with E-state index in [9.17, 15) is 0 Å². The molecule has 6 unspecified atom stereocenters. The first-order valence-electron chi connectivity index (χ1n) is 19.3. The van der Waals surface area contributed by atoms with Crippen molar-refractivity contribution in [2.75, 3.05) is 4.90 Å². The summed E-state index contributed by atoms with van der Waals surface area (Å²) in [5, 5.41) is 2.74. The van der Waals surface area contributed by atoms with Crippen molar-refractivity contribution < 1.29 is 0 Å². The third-order valence-electron chi connectivity index (χ3n) is 15.6. The molecule has 1 nitrogen and oxygen atoms in total. The summed E-state index contributed by atoms with van der Waals surface area (Å²) >= 11 is 1.92. The molecule has 6 aliphatic rings. The van der Waals surface area contributed by atoms with Crippen LogP contribution in [0.2, 0.25) is 0 Å². The number of anilines is 3. The quantitative estimate of drug-likeness (QED) is 0.182. The first kappa shape index (κ1) is 28.8. The highest BCUT2D eigenvalue weighted by Gasteiger charge is 2.84. The molecule has 0 saturated heterocycles. The summed E-state index contributed by atoms with van der Waals surface area (Å²) in [5.74, 6) is 3.46. The zero-order valence-corrected chi connectivity index (χ0v) is 30.5. The molecule has 50 heavy (non-hydrogen) atoms. The molecule has 6 aromatic rings. The van der Waals surface area contributed by atoms with Gasteiger partial charge >= 0.3 is 0 Å². The van der Waals surface area contributed by atoms with Crippen LogP contribution in [0.4, 0.5) is 17.1 Å². The van der Waals surface area contributed by atoms with Gasteiger partial charge in [0.05, 0.1) is 5.69 Å². The van der Waals surface area contributed by atoms with Crippen molar-refractivity contribution in [1.82, 2.24) is 0 Å². The lowest BCUT2D eigenvalue weighted by atomic mass is 9.26. The minimum Gasteiger partial charge on any atom is -0.310 e. The number of nitrogens with zero attached hydrogens (tertiary/aromatic N) is 1. The van der Waals surface area contributed by atoms with Crippen LogP contribution in [0.1, 0.15) is 88.5 Å². The summed E-state index contributed by atoms with van der Waals surface area (Å²) < 4.78 is 2.74. The highest BCUT2D eigenvalue weighted by atomic mass is 32.1. The summed E-state index contributed by atoms with van der Waals surface area (Å²) in [6.45, 7) is 9.85. The molecule has 0 radical (unpaired) electrons. The van der Waals surface area contributed by atoms with Gasteiger partial charge in [0, 0.05) is 37.0 Å². The predicted molar refractivity (Wildman–Crippen MR) is 210 cm³/mol. The van der Waals surface area contributed by atoms with Crippen molar-refractivity contribution in [3.8, 4) is 11.1 Å². The summed E-state index contributed by atoms with van der Waals surface area (Å²) in [4.78, 5) is 2.70. The SMILES string of the molecule is CC1(C)CCC(C)(C)c2cc(N(c3ccc4sc5ccccc5c4c3)c3cccc4c3C3(c5ccccc5-4)C4CC5CC6CC3C64C5)ccc21. The molecule has 4 saturated carbocycles. The molecule has 6 aliphatic carbocycles. The zero-order chi connectivity index (χ0) is 33.4. The van der Waals surface area contributed by atoms with Crippen molar-refractivity contribution in [2.24, 2.45) is 29.1 Å². The summed E-state index contributed by atoms with van der Waals surface area (Å²) in [6.07, 6.45) is 8.29. The van der Waals surface area contributed by atoms with Crippen LogP contribution in [0.15, 0.2) is 103 Å². The Labute approximate surface area is 300 Å². The van der Waals surface area contributed by atoms with Gasteiger partial charge in [-0.1, -0.05) is 88.4 Å². The molecule has 248 valence electrons. The molecule has 1 aromatic heterocycles. The topological polar surface area (TPSA) is 3.24 Å². The number of rotatable bonds is 3. The lowest BCUT2D eigenvalue weighted by Crippen LogP contribution is -2.73. The van der Waals surface area contributed by atoms with E-state index in [0.29, 0.717) is 5.41 Å². The molecule has 0 N–H and O–H groups in total. The van der Waals surface area contributed by atoms with Gasteiger partial charge in [0.2, 0.25) is 0 Å². The molecule has 6 atom stereocenters. The van der Waals surface area contributed by atoms with Gasteiger partial charge in [0.1, 0.15) is 0 Å². The summed E-state index contributed by atoms with van der Waals surface area (Å²) in [6, 6.07) is 40.8. The third kappa shape index (κ3) is 3.20. The van der Waals surface area contributed by atoms with Crippen molar-refractivity contribution >= 4 is 48.6 Å². The normalized spacial score (nSPS) is 31.2. The third-order valence-corrected chi connectivity index (χ3v) is 16.7. The van der Waals surface area contributed by atoms with Crippen LogP contribution in [0.5, 0.6) is 0 Å². The van der Waals surface area contributed by atoms with Gasteiger partial charge in [-0.25, -0.2) is 0 Å². The Morgan fingerprint density at radius 2 is 1.32 bits per heavy atom. The fourth-order valence-electron chi connectivity index (χ4n) is 13.5. The standard InChI is InChI=1S/C48H45NS/c1-45(2)20-21-46(3,4)38-26-31(16-18-37(38)45)49(30-17-19-41-35(25-30)33-11-6-8-15-40(33)50-41)39-14-9-12-34-32-10-5-7-13-36(32)48(44(34)39)42-23-28-22-29-24-43(48)47(29,42)27-28/h5-19,25-26,28-29,42-43H,20-24,27H2,1-4H3. The molecular formula is C48H45NS. The van der Waals surface area contributed by atoms with Crippen LogP contribution < -0.4 is 4.90 Å². The van der Waals surface area contributed by atoms with Crippen LogP contribution >= 0.6 is 11.3 Å². The second kappa shape index (κ2) is 9.12. The molecule has 2 heteroatoms. The van der Waals surface area contributed by atoms with Crippen LogP contribution in [-0.4, -0.2) is 0 Å². The first-order valence-corrected chi connectivity index (χ1v) is 20.1. The van der Waals surface area contributed by atoms with E-state index in [1.807, 2.05) is 11.3 Å². The van der Waals surface area contributed by atoms with E-state index in [1.165, 1.54) is 98.0 Å². The van der Waals surface area contributed by atoms with Crippen LogP contribution in [-0.2, 0) is 16.2 Å². The molecule has 1 heterocycles. The van der Waals surface area contributed by atoms with Gasteiger partial charge in [-0.2, -0.15) is 0 Å². The van der Waals surface area contributed by atoms with Crippen molar-refractivity contribution in [1.29, 1.82) is 0 Å². The van der Waals surface area contributed by atoms with E-state index >= 15 is 0 Å². The number of hydrogen-bond acceptors (Lipinski definition) is 2. The monoisotopic (exact) mass is 667 g/mol. The highest BCUT2D eigenvalue weighted by Crippen LogP contribution is 2.90. The maximum absolute atomic E-state index is 2.70. The van der Waals surface area contributed by atoms with Crippen molar-refractivity contribution in [3.63, 3.8) is 0 Å². The number of hydrogen-bond donors (Lipinski definition) is 0. The Kier molecular flexibility index (Phi) is 5.25. The Morgan fingerprint density at radius 3 is 2.20 bits per heavy atom. The zero-order valence-electron chi connectivity index (χ0n) is 29.7. The molecule has 5 aromatic carbocycles. The summed E-state index contributed by atoms with van der Waals surface area (Å²) in [7, 11) is 0. The van der Waals surface area contributed by atoms with E-state index in [-0.39, 0.29) is 16.2 Å². The average molecular weight is 668 g/mol. The fourth-order valence-corrected chi connectivity index (χ4v) is 14.6. The van der Waals surface area contributed by atoms with E-state index in [1.54, 1.807) is 11.1 Å². The van der Waals surface area contributed by atoms with Crippen molar-refractivity contribution in [3.05, 3.63) is 125 Å². The van der Waals surface area contributed by atoms with Crippen LogP contribution in [0.3, 0.4) is 0 Å². The second-order valence-electron chi connectivity index (χ2n) is 18.4. The van der Waals surface area contributed by atoms with Crippen LogP contribution in [0, 0.1) is 29.1 Å². The molecule has 12 rings (SSSR count). The van der Waals surface area contributed by atoms with Gasteiger partial charge in [0.15, 0.2) is 0 Å². The largest absolute Gasteiger partial charge is 0.310 e. The van der Waals surface area contributed by atoms with E-state index in [0.717, 1.165) is 23.7 Å². The molecule has 0 aliphatic heterocycles. The minimum atomic E-state index is 0.126. The Morgan fingerprint density at radius 1 is 0.600 bits per heavy atom. The Bertz CT molecular complexity index is 2460. The Hall–Kier alpha value is -3.88. The van der Waals surface area contributed by atoms with E-state index < -0.39 is 0 Å². The number of benzene rings is 5. The average Bonchev–Trinajstić information content (AvgIpc) is 3.85. The van der Waals surface area contributed by atoms with Gasteiger partial charge in [-0.05, 0) is 154 Å². The predicted octanol–water partition coefficient (Wildman–Crippen LogP) is 13.2. The van der Waals surface area contributed by atoms with E-state index in [2.05, 4.69) is 136 Å². The van der Waals surface area contributed by atoms with Gasteiger partial charge in [-0.3, -0.25) is 0 Å². The molecule has 2 spiro atoms. The maximum Gasteiger partial charge on any atom is 0.0509 e. The molecule has 2 bridgehead atoms. The first-order chi connectivity index (χ1) is 24.2. The smallest absolute Gasteiger partial charge is 0.0509 e. The fraction of sp³-hybridized carbons (Fsp3) is 0.375. The molecule has 4 fully saturated rings. The minimum absolute atomic E-state index is 0.126. The van der Waals surface area contributed by atoms with Crippen molar-refractivity contribution in [2.45, 2.75) is 82.5 Å².